The SMILES string of the molecule is CC/C=C\C/C=C\C/C=C\C/C=C\C/C=C\C/C=C\C/C=C\CCCCCCCC(=O)OCC(COC(=O)CCCCC/C=C\C/C=C\C/C=C\CC)OC(=O)CCCCCCCCCCCC/C=C\C/C=C\C/C=C\CCCCCCC. The fraction of sp³-hybridized carbons (Fsp3) is 0.623. The van der Waals surface area contributed by atoms with Gasteiger partial charge in [-0.1, -0.05) is 281 Å². The van der Waals surface area contributed by atoms with Crippen molar-refractivity contribution in [2.75, 3.05) is 13.2 Å². The first-order chi connectivity index (χ1) is 41.0. The molecule has 0 aromatic carbocycles. The first-order valence-corrected chi connectivity index (χ1v) is 34.0. The summed E-state index contributed by atoms with van der Waals surface area (Å²) in [5.74, 6) is -0.957. The van der Waals surface area contributed by atoms with Gasteiger partial charge < -0.3 is 14.2 Å². The summed E-state index contributed by atoms with van der Waals surface area (Å²) >= 11 is 0. The third-order valence-electron chi connectivity index (χ3n) is 14.0. The predicted molar refractivity (Wildman–Crippen MR) is 362 cm³/mol. The molecule has 0 fully saturated rings. The number of carbonyl (C=O) groups is 3. The second-order valence-electron chi connectivity index (χ2n) is 22.0. The normalized spacial score (nSPS) is 13.1. The molecule has 0 rings (SSSR count). The highest BCUT2D eigenvalue weighted by Crippen LogP contribution is 2.15. The van der Waals surface area contributed by atoms with Crippen molar-refractivity contribution < 1.29 is 28.6 Å². The average molecular weight is 1150 g/mol. The van der Waals surface area contributed by atoms with Crippen LogP contribution in [-0.2, 0) is 28.6 Å². The lowest BCUT2D eigenvalue weighted by atomic mass is 10.0. The van der Waals surface area contributed by atoms with E-state index in [2.05, 4.69) is 179 Å². The van der Waals surface area contributed by atoms with Crippen LogP contribution < -0.4 is 0 Å². The van der Waals surface area contributed by atoms with Crippen LogP contribution in [0, 0.1) is 0 Å². The number of hydrogen-bond donors (Lipinski definition) is 0. The lowest BCUT2D eigenvalue weighted by Crippen LogP contribution is -2.30. The minimum Gasteiger partial charge on any atom is -0.462 e. The van der Waals surface area contributed by atoms with Crippen LogP contribution in [0.15, 0.2) is 158 Å². The van der Waals surface area contributed by atoms with E-state index in [9.17, 15) is 14.4 Å². The Hall–Kier alpha value is -4.97. The molecule has 0 saturated heterocycles. The van der Waals surface area contributed by atoms with E-state index < -0.39 is 6.10 Å². The van der Waals surface area contributed by atoms with Crippen LogP contribution in [0.4, 0.5) is 0 Å². The van der Waals surface area contributed by atoms with Crippen molar-refractivity contribution >= 4 is 17.9 Å². The molecule has 0 N–H and O–H groups in total. The van der Waals surface area contributed by atoms with Gasteiger partial charge in [0.05, 0.1) is 0 Å². The quantitative estimate of drug-likeness (QED) is 0.0261. The highest BCUT2D eigenvalue weighted by atomic mass is 16.6. The van der Waals surface area contributed by atoms with Crippen LogP contribution >= 0.6 is 0 Å². The minimum absolute atomic E-state index is 0.105. The molecule has 0 aliphatic carbocycles. The lowest BCUT2D eigenvalue weighted by Gasteiger charge is -2.18. The molecule has 0 amide bonds. The molecular weight excluding hydrogens is 1020 g/mol. The fourth-order valence-electron chi connectivity index (χ4n) is 8.97. The molecule has 0 aliphatic rings. The highest BCUT2D eigenvalue weighted by molar-refractivity contribution is 5.71. The molecule has 0 aliphatic heterocycles. The van der Waals surface area contributed by atoms with Gasteiger partial charge in [-0.15, -0.1) is 0 Å². The minimum atomic E-state index is -0.810. The van der Waals surface area contributed by atoms with E-state index in [1.165, 1.54) is 89.9 Å². The molecule has 0 aromatic rings. The van der Waals surface area contributed by atoms with E-state index in [0.717, 1.165) is 161 Å². The monoisotopic (exact) mass is 1140 g/mol. The molecule has 0 bridgehead atoms. The van der Waals surface area contributed by atoms with Gasteiger partial charge in [-0.2, -0.15) is 0 Å². The number of allylic oxidation sites excluding steroid dienone is 26. The van der Waals surface area contributed by atoms with Crippen molar-refractivity contribution in [2.45, 2.75) is 297 Å². The molecule has 6 nitrogen and oxygen atoms in total. The Morgan fingerprint density at radius 1 is 0.253 bits per heavy atom. The number of unbranched alkanes of at least 4 members (excludes halogenated alkanes) is 23. The Morgan fingerprint density at radius 3 is 0.747 bits per heavy atom. The molecule has 83 heavy (non-hydrogen) atoms. The topological polar surface area (TPSA) is 78.9 Å². The maximum Gasteiger partial charge on any atom is 0.306 e. The summed E-state index contributed by atoms with van der Waals surface area (Å²) in [6, 6.07) is 0. The van der Waals surface area contributed by atoms with E-state index in [1.54, 1.807) is 0 Å². The van der Waals surface area contributed by atoms with E-state index >= 15 is 0 Å². The molecule has 0 saturated carbocycles. The summed E-state index contributed by atoms with van der Waals surface area (Å²) < 4.78 is 16.9. The summed E-state index contributed by atoms with van der Waals surface area (Å²) in [5.41, 5.74) is 0. The van der Waals surface area contributed by atoms with Gasteiger partial charge in [-0.25, -0.2) is 0 Å². The molecular formula is C77H124O6. The van der Waals surface area contributed by atoms with Gasteiger partial charge >= 0.3 is 17.9 Å². The summed E-state index contributed by atoms with van der Waals surface area (Å²) in [4.78, 5) is 38.4. The fourth-order valence-corrected chi connectivity index (χ4v) is 8.97. The van der Waals surface area contributed by atoms with Crippen molar-refractivity contribution in [3.63, 3.8) is 0 Å². The molecule has 0 heterocycles. The van der Waals surface area contributed by atoms with Gasteiger partial charge in [-0.3, -0.25) is 14.4 Å². The average Bonchev–Trinajstić information content (AvgIpc) is 3.49. The van der Waals surface area contributed by atoms with E-state index in [0.29, 0.717) is 19.3 Å². The maximum absolute atomic E-state index is 12.9. The highest BCUT2D eigenvalue weighted by Gasteiger charge is 2.19. The van der Waals surface area contributed by atoms with E-state index in [1.807, 2.05) is 0 Å². The molecule has 0 radical (unpaired) electrons. The molecule has 468 valence electrons. The van der Waals surface area contributed by atoms with Crippen LogP contribution in [0.1, 0.15) is 290 Å². The molecule has 1 unspecified atom stereocenters. The van der Waals surface area contributed by atoms with Crippen molar-refractivity contribution in [3.8, 4) is 0 Å². The summed E-state index contributed by atoms with van der Waals surface area (Å²) in [6.45, 7) is 6.36. The van der Waals surface area contributed by atoms with Gasteiger partial charge in [0.25, 0.3) is 0 Å². The Kier molecular flexibility index (Phi) is 65.4. The maximum atomic E-state index is 12.9. The van der Waals surface area contributed by atoms with Gasteiger partial charge in [-0.05, 0) is 148 Å². The lowest BCUT2D eigenvalue weighted by molar-refractivity contribution is -0.167. The van der Waals surface area contributed by atoms with E-state index in [4.69, 9.17) is 14.2 Å². The van der Waals surface area contributed by atoms with Crippen molar-refractivity contribution in [3.05, 3.63) is 158 Å². The summed E-state index contributed by atoms with van der Waals surface area (Å²) in [6.07, 6.45) is 101. The van der Waals surface area contributed by atoms with Crippen LogP contribution in [0.2, 0.25) is 0 Å². The smallest absolute Gasteiger partial charge is 0.306 e. The zero-order chi connectivity index (χ0) is 59.9. The Bertz CT molecular complexity index is 1840. The van der Waals surface area contributed by atoms with Crippen LogP contribution in [0.5, 0.6) is 0 Å². The van der Waals surface area contributed by atoms with Crippen molar-refractivity contribution in [2.24, 2.45) is 0 Å². The Labute approximate surface area is 511 Å². The largest absolute Gasteiger partial charge is 0.462 e. The second-order valence-corrected chi connectivity index (χ2v) is 22.0. The number of ether oxygens (including phenoxy) is 3. The third-order valence-corrected chi connectivity index (χ3v) is 14.0. The van der Waals surface area contributed by atoms with Gasteiger partial charge in [0, 0.05) is 19.3 Å². The number of hydrogen-bond acceptors (Lipinski definition) is 6. The second kappa shape index (κ2) is 69.5. The van der Waals surface area contributed by atoms with Gasteiger partial charge in [0.1, 0.15) is 13.2 Å². The zero-order valence-electron chi connectivity index (χ0n) is 53.7. The van der Waals surface area contributed by atoms with Crippen LogP contribution in [-0.4, -0.2) is 37.2 Å². The molecule has 0 aromatic heterocycles. The predicted octanol–water partition coefficient (Wildman–Crippen LogP) is 23.7. The first kappa shape index (κ1) is 78.0. The zero-order valence-corrected chi connectivity index (χ0v) is 53.7. The van der Waals surface area contributed by atoms with Crippen molar-refractivity contribution in [1.29, 1.82) is 0 Å². The van der Waals surface area contributed by atoms with Crippen LogP contribution in [0.3, 0.4) is 0 Å². The standard InChI is InChI=1S/C77H124O6/c1-4-7-10-13-16-19-22-25-27-29-31-33-35-37-38-40-41-43-45-47-49-52-55-58-61-64-67-70-76(79)82-73-74(72-81-75(78)69-66-63-60-57-54-51-24-21-18-15-12-9-6-3)83-77(80)71-68-65-62-59-56-53-50-48-46-44-42-39-36-34-32-30-28-26-23-20-17-14-11-8-5-2/h7,9-10,12,16,18-19,21,23,25-27,30-33,36-39,41,43,47,49,51,54,74H,4-6,8,11,13-15,17,20,22,24,28-29,34-35,40,42,44-46,48,50,52-53,55-73H2,1-3H3/b10-7-,12-9-,19-16-,21-18-,26-23-,27-25-,32-30-,33-31-,38-37-,39-36-,43-41-,49-47-,54-51-. The number of carbonyl (C=O) groups excluding carboxylic acids is 3. The number of esters is 3. The third kappa shape index (κ3) is 67.7. The molecule has 1 atom stereocenters. The summed E-state index contributed by atoms with van der Waals surface area (Å²) in [5, 5.41) is 0. The number of rotatable bonds is 60. The molecule has 0 spiro atoms. The van der Waals surface area contributed by atoms with Crippen LogP contribution in [0.25, 0.3) is 0 Å². The summed E-state index contributed by atoms with van der Waals surface area (Å²) in [7, 11) is 0. The van der Waals surface area contributed by atoms with Crippen molar-refractivity contribution in [1.82, 2.24) is 0 Å². The first-order valence-electron chi connectivity index (χ1n) is 34.0. The van der Waals surface area contributed by atoms with Gasteiger partial charge in [0.2, 0.25) is 0 Å². The Balaban J connectivity index is 4.41. The molecule has 6 heteroatoms. The van der Waals surface area contributed by atoms with Gasteiger partial charge in [0.15, 0.2) is 6.10 Å². The van der Waals surface area contributed by atoms with E-state index in [-0.39, 0.29) is 31.1 Å². The Morgan fingerprint density at radius 2 is 0.470 bits per heavy atom.